The second-order valence-corrected chi connectivity index (χ2v) is 6.58. The number of allylic oxidation sites excluding steroid dienone is 2. The molecule has 0 fully saturated rings. The van der Waals surface area contributed by atoms with E-state index in [0.717, 1.165) is 0 Å². The predicted octanol–water partition coefficient (Wildman–Crippen LogP) is 3.26. The fraction of sp³-hybridized carbons (Fsp3) is 0.400. The first-order chi connectivity index (χ1) is 13.4. The molecular weight excluding hydrogens is 366 g/mol. The number of methoxy groups -OCH3 is 1. The second kappa shape index (κ2) is 8.24. The maximum atomic E-state index is 12.6. The smallest absolute Gasteiger partial charge is 0.302 e. The number of carbonyl (C=O) groups is 2. The molecule has 8 nitrogen and oxygen atoms in total. The third-order valence-corrected chi connectivity index (χ3v) is 4.78. The molecule has 0 amide bonds. The molecule has 1 heterocycles. The number of hydrogen-bond acceptors (Lipinski definition) is 7. The lowest BCUT2D eigenvalue weighted by Crippen LogP contribution is -2.28. The van der Waals surface area contributed by atoms with Crippen molar-refractivity contribution in [2.45, 2.75) is 38.5 Å². The second-order valence-electron chi connectivity index (χ2n) is 6.58. The molecule has 0 radical (unpaired) electrons. The summed E-state index contributed by atoms with van der Waals surface area (Å²) in [6.45, 7) is 1.24. The van der Waals surface area contributed by atoms with Gasteiger partial charge in [0.25, 0.3) is 5.70 Å². The van der Waals surface area contributed by atoms with Crippen molar-refractivity contribution in [3.05, 3.63) is 62.7 Å². The zero-order valence-electron chi connectivity index (χ0n) is 15.7. The fourth-order valence-electron chi connectivity index (χ4n) is 3.56. The van der Waals surface area contributed by atoms with Gasteiger partial charge in [0.15, 0.2) is 11.5 Å². The molecule has 2 aliphatic rings. The van der Waals surface area contributed by atoms with Crippen molar-refractivity contribution in [3.8, 4) is 5.75 Å². The lowest BCUT2D eigenvalue weighted by Gasteiger charge is -2.30. The van der Waals surface area contributed by atoms with Crippen LogP contribution in [-0.2, 0) is 19.1 Å². The first kappa shape index (κ1) is 19.6. The van der Waals surface area contributed by atoms with Crippen LogP contribution in [-0.4, -0.2) is 30.4 Å². The number of hydrogen-bond donors (Lipinski definition) is 0. The van der Waals surface area contributed by atoms with E-state index in [4.69, 9.17) is 14.2 Å². The number of Topliss-reactive ketones (excluding diaryl/α,β-unsaturated/α-hetero) is 1. The van der Waals surface area contributed by atoms with Crippen LogP contribution >= 0.6 is 0 Å². The maximum absolute atomic E-state index is 12.6. The minimum atomic E-state index is -0.829. The Kier molecular flexibility index (Phi) is 5.77. The van der Waals surface area contributed by atoms with Crippen LogP contribution < -0.4 is 4.74 Å². The van der Waals surface area contributed by atoms with Crippen LogP contribution in [0.1, 0.15) is 44.1 Å². The Bertz CT molecular complexity index is 867. The zero-order valence-corrected chi connectivity index (χ0v) is 15.7. The Morgan fingerprint density at radius 2 is 2.00 bits per heavy atom. The van der Waals surface area contributed by atoms with Crippen molar-refractivity contribution in [1.29, 1.82) is 0 Å². The van der Waals surface area contributed by atoms with Gasteiger partial charge in [0, 0.05) is 26.2 Å². The molecule has 0 spiro atoms. The molecule has 1 atom stereocenters. The lowest BCUT2D eigenvalue weighted by molar-refractivity contribution is -0.433. The van der Waals surface area contributed by atoms with Crippen LogP contribution in [0.15, 0.2) is 47.1 Å². The van der Waals surface area contributed by atoms with Crippen molar-refractivity contribution in [2.24, 2.45) is 0 Å². The zero-order chi connectivity index (χ0) is 20.3. The Morgan fingerprint density at radius 3 is 2.61 bits per heavy atom. The molecule has 1 aromatic carbocycles. The SMILES string of the molecule is COc1ccc([C@@H]2C3=C(CCCC3=O)OC(CCOC(C)=O)=C2[N+](=O)[O-])cc1. The van der Waals surface area contributed by atoms with E-state index >= 15 is 0 Å². The number of nitro groups is 1. The number of esters is 1. The Morgan fingerprint density at radius 1 is 1.29 bits per heavy atom. The van der Waals surface area contributed by atoms with Crippen molar-refractivity contribution >= 4 is 11.8 Å². The predicted molar refractivity (Wildman–Crippen MR) is 98.0 cm³/mol. The summed E-state index contributed by atoms with van der Waals surface area (Å²) < 4.78 is 15.9. The Labute approximate surface area is 161 Å². The van der Waals surface area contributed by atoms with E-state index in [1.807, 2.05) is 0 Å². The summed E-state index contributed by atoms with van der Waals surface area (Å²) in [4.78, 5) is 35.1. The fourth-order valence-corrected chi connectivity index (χ4v) is 3.56. The van der Waals surface area contributed by atoms with Gasteiger partial charge in [-0.15, -0.1) is 0 Å². The van der Waals surface area contributed by atoms with Crippen LogP contribution in [0.2, 0.25) is 0 Å². The minimum Gasteiger partial charge on any atom is -0.497 e. The highest BCUT2D eigenvalue weighted by Gasteiger charge is 2.44. The number of nitrogens with zero attached hydrogens (tertiary/aromatic N) is 1. The van der Waals surface area contributed by atoms with Gasteiger partial charge in [0.2, 0.25) is 0 Å². The normalized spacial score (nSPS) is 19.1. The largest absolute Gasteiger partial charge is 0.497 e. The molecule has 0 saturated heterocycles. The molecule has 148 valence electrons. The first-order valence-corrected chi connectivity index (χ1v) is 9.01. The average molecular weight is 387 g/mol. The first-order valence-electron chi connectivity index (χ1n) is 9.01. The van der Waals surface area contributed by atoms with Gasteiger partial charge in [-0.3, -0.25) is 19.7 Å². The van der Waals surface area contributed by atoms with Gasteiger partial charge in [-0.05, 0) is 24.1 Å². The van der Waals surface area contributed by atoms with E-state index in [9.17, 15) is 19.7 Å². The highest BCUT2D eigenvalue weighted by Crippen LogP contribution is 2.45. The Balaban J connectivity index is 2.08. The van der Waals surface area contributed by atoms with Gasteiger partial charge in [-0.25, -0.2) is 0 Å². The van der Waals surface area contributed by atoms with E-state index in [1.54, 1.807) is 24.3 Å². The summed E-state index contributed by atoms with van der Waals surface area (Å²) >= 11 is 0. The third-order valence-electron chi connectivity index (χ3n) is 4.78. The van der Waals surface area contributed by atoms with Crippen LogP contribution in [0, 0.1) is 10.1 Å². The van der Waals surface area contributed by atoms with Gasteiger partial charge >= 0.3 is 5.97 Å². The number of carbonyl (C=O) groups excluding carboxylic acids is 2. The standard InChI is InChI=1S/C20H21NO7/c1-12(22)27-11-10-17-20(21(24)25)18(13-6-8-14(26-2)9-7-13)19-15(23)4-3-5-16(19)28-17/h6-9,18H,3-5,10-11H2,1-2H3/t18-/m1/s1. The summed E-state index contributed by atoms with van der Waals surface area (Å²) in [5.74, 6) is -0.230. The summed E-state index contributed by atoms with van der Waals surface area (Å²) in [5.41, 5.74) is 0.772. The highest BCUT2D eigenvalue weighted by molar-refractivity contribution is 5.99. The molecule has 0 saturated carbocycles. The molecule has 0 unspecified atom stereocenters. The van der Waals surface area contributed by atoms with E-state index in [1.165, 1.54) is 14.0 Å². The molecule has 0 N–H and O–H groups in total. The van der Waals surface area contributed by atoms with Crippen LogP contribution in [0.5, 0.6) is 5.75 Å². The number of ketones is 1. The monoisotopic (exact) mass is 387 g/mol. The van der Waals surface area contributed by atoms with Crippen LogP contribution in [0.25, 0.3) is 0 Å². The summed E-state index contributed by atoms with van der Waals surface area (Å²) in [7, 11) is 1.53. The van der Waals surface area contributed by atoms with Gasteiger partial charge in [-0.2, -0.15) is 0 Å². The summed E-state index contributed by atoms with van der Waals surface area (Å²) in [6, 6.07) is 6.84. The third kappa shape index (κ3) is 3.90. The molecule has 0 aromatic heterocycles. The molecule has 3 rings (SSSR count). The average Bonchev–Trinajstić information content (AvgIpc) is 2.66. The van der Waals surface area contributed by atoms with Crippen molar-refractivity contribution in [3.63, 3.8) is 0 Å². The molecular formula is C20H21NO7. The molecule has 8 heteroatoms. The summed E-state index contributed by atoms with van der Waals surface area (Å²) in [5, 5.41) is 12.0. The minimum absolute atomic E-state index is 0.0338. The summed E-state index contributed by atoms with van der Waals surface area (Å²) in [6.07, 6.45) is 1.57. The molecule has 1 aliphatic heterocycles. The van der Waals surface area contributed by atoms with Gasteiger partial charge in [-0.1, -0.05) is 12.1 Å². The van der Waals surface area contributed by atoms with Crippen molar-refractivity contribution in [2.75, 3.05) is 13.7 Å². The lowest BCUT2D eigenvalue weighted by atomic mass is 9.79. The molecule has 1 aliphatic carbocycles. The van der Waals surface area contributed by atoms with Gasteiger partial charge < -0.3 is 14.2 Å². The van der Waals surface area contributed by atoms with Crippen LogP contribution in [0.3, 0.4) is 0 Å². The number of ether oxygens (including phenoxy) is 3. The van der Waals surface area contributed by atoms with E-state index in [-0.39, 0.29) is 30.3 Å². The molecule has 0 bridgehead atoms. The maximum Gasteiger partial charge on any atom is 0.302 e. The molecule has 1 aromatic rings. The van der Waals surface area contributed by atoms with E-state index < -0.39 is 16.8 Å². The van der Waals surface area contributed by atoms with E-state index in [0.29, 0.717) is 41.9 Å². The van der Waals surface area contributed by atoms with Gasteiger partial charge in [0.1, 0.15) is 17.4 Å². The topological polar surface area (TPSA) is 105 Å². The van der Waals surface area contributed by atoms with Crippen molar-refractivity contribution < 1.29 is 28.7 Å². The van der Waals surface area contributed by atoms with Gasteiger partial charge in [0.05, 0.1) is 24.2 Å². The number of rotatable bonds is 6. The van der Waals surface area contributed by atoms with E-state index in [2.05, 4.69) is 0 Å². The van der Waals surface area contributed by atoms with Crippen molar-refractivity contribution in [1.82, 2.24) is 0 Å². The Hall–Kier alpha value is -3.16. The van der Waals surface area contributed by atoms with Crippen LogP contribution in [0.4, 0.5) is 0 Å². The highest BCUT2D eigenvalue weighted by atomic mass is 16.6. The quantitative estimate of drug-likeness (QED) is 0.419. The molecule has 28 heavy (non-hydrogen) atoms. The number of benzene rings is 1.